The van der Waals surface area contributed by atoms with E-state index >= 15 is 0 Å². The van der Waals surface area contributed by atoms with Gasteiger partial charge in [-0.3, -0.25) is 9.69 Å². The molecule has 4 nitrogen and oxygen atoms in total. The minimum atomic E-state index is 0.0482. The quantitative estimate of drug-likeness (QED) is 0.284. The summed E-state index contributed by atoms with van der Waals surface area (Å²) in [5.74, 6) is 1.91. The molecule has 2 aromatic rings. The van der Waals surface area contributed by atoms with Crippen LogP contribution < -0.4 is 5.32 Å². The van der Waals surface area contributed by atoms with E-state index in [9.17, 15) is 9.90 Å². The standard InChI is InChI=1S/C34H46N2O2/c1-3-21-36-32-20-18-28(33(36)19-13-24(32)2)23-31(27-9-8-12-30(37)22-27)25-14-16-26(17-15-25)34(38)35-29-10-6-4-5-7-11-29/h3,8-9,12,14-17,22,24,28-29,31-33,37H,1,4-7,10-11,13,18-21,23H2,2H3,(H,35,38). The molecule has 1 amide bonds. The number of phenols is 1. The van der Waals surface area contributed by atoms with Gasteiger partial charge in [0.2, 0.25) is 0 Å². The molecule has 2 N–H and O–H groups in total. The molecule has 2 heterocycles. The molecular weight excluding hydrogens is 468 g/mol. The molecule has 2 aliphatic heterocycles. The van der Waals surface area contributed by atoms with Gasteiger partial charge in [-0.2, -0.15) is 0 Å². The number of aromatic hydroxyl groups is 1. The normalized spacial score (nSPS) is 27.3. The Balaban J connectivity index is 1.35. The van der Waals surface area contributed by atoms with Crippen molar-refractivity contribution in [2.45, 2.75) is 102 Å². The van der Waals surface area contributed by atoms with Crippen molar-refractivity contribution < 1.29 is 9.90 Å². The number of rotatable bonds is 8. The molecule has 2 bridgehead atoms. The number of hydrogen-bond donors (Lipinski definition) is 2. The Morgan fingerprint density at radius 2 is 1.71 bits per heavy atom. The maximum atomic E-state index is 13.0. The van der Waals surface area contributed by atoms with Crippen molar-refractivity contribution in [3.05, 3.63) is 77.9 Å². The maximum Gasteiger partial charge on any atom is 0.251 e. The van der Waals surface area contributed by atoms with E-state index in [-0.39, 0.29) is 11.8 Å². The SMILES string of the molecule is C=CCN1C2CCC(CC(c3ccc(C(=O)NC4CCCCCC4)cc3)c3cccc(O)c3)C1CCC2C. The highest BCUT2D eigenvalue weighted by molar-refractivity contribution is 5.94. The Bertz CT molecular complexity index is 1070. The lowest BCUT2D eigenvalue weighted by Crippen LogP contribution is -2.56. The van der Waals surface area contributed by atoms with Crippen LogP contribution in [0.1, 0.15) is 105 Å². The summed E-state index contributed by atoms with van der Waals surface area (Å²) in [4.78, 5) is 15.8. The van der Waals surface area contributed by atoms with Gasteiger partial charge < -0.3 is 10.4 Å². The van der Waals surface area contributed by atoms with Crippen LogP contribution in [0.25, 0.3) is 0 Å². The number of piperidine rings is 2. The topological polar surface area (TPSA) is 52.6 Å². The predicted octanol–water partition coefficient (Wildman–Crippen LogP) is 7.43. The van der Waals surface area contributed by atoms with Gasteiger partial charge in [-0.15, -0.1) is 6.58 Å². The third-order valence-corrected chi connectivity index (χ3v) is 9.72. The molecule has 5 rings (SSSR count). The number of benzene rings is 2. The molecule has 38 heavy (non-hydrogen) atoms. The van der Waals surface area contributed by atoms with E-state index in [0.717, 1.165) is 42.9 Å². The number of nitrogens with zero attached hydrogens (tertiary/aromatic N) is 1. The van der Waals surface area contributed by atoms with Gasteiger partial charge in [0, 0.05) is 36.2 Å². The van der Waals surface area contributed by atoms with Crippen LogP contribution in [0.5, 0.6) is 5.75 Å². The predicted molar refractivity (Wildman–Crippen MR) is 156 cm³/mol. The third kappa shape index (κ3) is 6.17. The van der Waals surface area contributed by atoms with Crippen LogP contribution in [-0.4, -0.2) is 40.6 Å². The monoisotopic (exact) mass is 514 g/mol. The van der Waals surface area contributed by atoms with E-state index in [2.05, 4.69) is 48.0 Å². The molecule has 5 atom stereocenters. The first-order valence-electron chi connectivity index (χ1n) is 15.1. The van der Waals surface area contributed by atoms with Crippen molar-refractivity contribution in [3.8, 4) is 5.75 Å². The minimum Gasteiger partial charge on any atom is -0.508 e. The second-order valence-electron chi connectivity index (χ2n) is 12.2. The fourth-order valence-electron chi connectivity index (χ4n) is 7.66. The zero-order valence-corrected chi connectivity index (χ0v) is 23.2. The smallest absolute Gasteiger partial charge is 0.251 e. The Kier molecular flexibility index (Phi) is 8.89. The highest BCUT2D eigenvalue weighted by Gasteiger charge is 2.42. The van der Waals surface area contributed by atoms with E-state index in [4.69, 9.17) is 0 Å². The second-order valence-corrected chi connectivity index (χ2v) is 12.2. The first-order valence-corrected chi connectivity index (χ1v) is 15.1. The van der Waals surface area contributed by atoms with Crippen molar-refractivity contribution in [1.82, 2.24) is 10.2 Å². The largest absolute Gasteiger partial charge is 0.508 e. The van der Waals surface area contributed by atoms with E-state index in [1.165, 1.54) is 56.9 Å². The first-order chi connectivity index (χ1) is 18.5. The zero-order chi connectivity index (χ0) is 26.5. The van der Waals surface area contributed by atoms with Crippen LogP contribution in [0.15, 0.2) is 61.2 Å². The molecular formula is C34H46N2O2. The van der Waals surface area contributed by atoms with Crippen LogP contribution in [0.3, 0.4) is 0 Å². The van der Waals surface area contributed by atoms with Crippen molar-refractivity contribution >= 4 is 5.91 Å². The number of carbonyl (C=O) groups excluding carboxylic acids is 1. The Labute approximate surface area is 229 Å². The fraction of sp³-hybridized carbons (Fsp3) is 0.559. The molecule has 0 radical (unpaired) electrons. The van der Waals surface area contributed by atoms with Crippen molar-refractivity contribution in [2.75, 3.05) is 6.54 Å². The van der Waals surface area contributed by atoms with Gasteiger partial charge in [0.1, 0.15) is 5.75 Å². The minimum absolute atomic E-state index is 0.0482. The third-order valence-electron chi connectivity index (χ3n) is 9.72. The lowest BCUT2D eigenvalue weighted by atomic mass is 9.69. The molecule has 5 unspecified atom stereocenters. The highest BCUT2D eigenvalue weighted by atomic mass is 16.3. The summed E-state index contributed by atoms with van der Waals surface area (Å²) in [6.45, 7) is 7.45. The summed E-state index contributed by atoms with van der Waals surface area (Å²) >= 11 is 0. The number of hydrogen-bond acceptors (Lipinski definition) is 3. The molecule has 3 fully saturated rings. The lowest BCUT2D eigenvalue weighted by Gasteiger charge is -2.53. The van der Waals surface area contributed by atoms with Crippen molar-refractivity contribution in [3.63, 3.8) is 0 Å². The van der Waals surface area contributed by atoms with Crippen LogP contribution >= 0.6 is 0 Å². The molecule has 3 aliphatic rings. The van der Waals surface area contributed by atoms with Crippen LogP contribution in [0, 0.1) is 11.8 Å². The Morgan fingerprint density at radius 1 is 0.974 bits per heavy atom. The summed E-state index contributed by atoms with van der Waals surface area (Å²) in [6.07, 6.45) is 15.4. The molecule has 0 aromatic heterocycles. The van der Waals surface area contributed by atoms with Gasteiger partial charge in [0.25, 0.3) is 5.91 Å². The average molecular weight is 515 g/mol. The van der Waals surface area contributed by atoms with E-state index < -0.39 is 0 Å². The molecule has 4 heteroatoms. The number of amides is 1. The van der Waals surface area contributed by atoms with Gasteiger partial charge >= 0.3 is 0 Å². The number of fused-ring (bicyclic) bond motifs is 2. The molecule has 1 saturated carbocycles. The van der Waals surface area contributed by atoms with Crippen LogP contribution in [-0.2, 0) is 0 Å². The summed E-state index contributed by atoms with van der Waals surface area (Å²) in [5, 5.41) is 13.6. The zero-order valence-electron chi connectivity index (χ0n) is 23.2. The van der Waals surface area contributed by atoms with Gasteiger partial charge in [0.05, 0.1) is 0 Å². The van der Waals surface area contributed by atoms with E-state index in [1.807, 2.05) is 24.3 Å². The lowest BCUT2D eigenvalue weighted by molar-refractivity contribution is -0.0216. The van der Waals surface area contributed by atoms with Gasteiger partial charge in [0.15, 0.2) is 0 Å². The van der Waals surface area contributed by atoms with Gasteiger partial charge in [-0.1, -0.05) is 62.9 Å². The molecule has 1 aliphatic carbocycles. The molecule has 204 valence electrons. The van der Waals surface area contributed by atoms with Crippen molar-refractivity contribution in [2.24, 2.45) is 11.8 Å². The summed E-state index contributed by atoms with van der Waals surface area (Å²) < 4.78 is 0. The van der Waals surface area contributed by atoms with Crippen LogP contribution in [0.4, 0.5) is 0 Å². The summed E-state index contributed by atoms with van der Waals surface area (Å²) in [7, 11) is 0. The van der Waals surface area contributed by atoms with E-state index in [0.29, 0.717) is 29.8 Å². The van der Waals surface area contributed by atoms with E-state index in [1.54, 1.807) is 6.07 Å². The Morgan fingerprint density at radius 3 is 2.42 bits per heavy atom. The number of phenolic OH excluding ortho intramolecular Hbond substituents is 1. The first kappa shape index (κ1) is 27.0. The fourth-order valence-corrected chi connectivity index (χ4v) is 7.66. The maximum absolute atomic E-state index is 13.0. The van der Waals surface area contributed by atoms with Gasteiger partial charge in [-0.05, 0) is 92.2 Å². The summed E-state index contributed by atoms with van der Waals surface area (Å²) in [6, 6.07) is 17.6. The number of carbonyl (C=O) groups is 1. The average Bonchev–Trinajstić information content (AvgIpc) is 3.19. The Hall–Kier alpha value is -2.59. The second kappa shape index (κ2) is 12.5. The molecule has 2 saturated heterocycles. The number of nitrogens with one attached hydrogen (secondary N) is 1. The highest BCUT2D eigenvalue weighted by Crippen LogP contribution is 2.45. The summed E-state index contributed by atoms with van der Waals surface area (Å²) in [5.41, 5.74) is 3.12. The molecule has 0 spiro atoms. The van der Waals surface area contributed by atoms with Crippen molar-refractivity contribution in [1.29, 1.82) is 0 Å². The molecule has 2 aromatic carbocycles. The van der Waals surface area contributed by atoms with Gasteiger partial charge in [-0.25, -0.2) is 0 Å². The van der Waals surface area contributed by atoms with Crippen LogP contribution in [0.2, 0.25) is 0 Å².